The molecule has 1 N–H and O–H groups in total. The maximum absolute atomic E-state index is 12.5. The summed E-state index contributed by atoms with van der Waals surface area (Å²) in [5, 5.41) is 8.37. The molecule has 8 heteroatoms. The van der Waals surface area contributed by atoms with E-state index >= 15 is 0 Å². The Bertz CT molecular complexity index is 1140. The number of hydrogen-bond acceptors (Lipinski definition) is 5. The first kappa shape index (κ1) is 18.4. The lowest BCUT2D eigenvalue weighted by Crippen LogP contribution is -2.15. The van der Waals surface area contributed by atoms with Gasteiger partial charge in [0.1, 0.15) is 5.82 Å². The molecule has 5 rings (SSSR count). The van der Waals surface area contributed by atoms with Gasteiger partial charge in [0.05, 0.1) is 22.4 Å². The molecule has 6 nitrogen and oxygen atoms in total. The van der Waals surface area contributed by atoms with Gasteiger partial charge in [-0.15, -0.1) is 11.8 Å². The van der Waals surface area contributed by atoms with Crippen molar-refractivity contribution in [3.05, 3.63) is 63.8 Å². The largest absolute Gasteiger partial charge is 0.454 e. The number of nitrogens with zero attached hydrogens (tertiary/aromatic N) is 2. The van der Waals surface area contributed by atoms with Crippen molar-refractivity contribution in [2.45, 2.75) is 19.1 Å². The van der Waals surface area contributed by atoms with Crippen LogP contribution in [0.15, 0.2) is 36.4 Å². The third kappa shape index (κ3) is 3.14. The topological polar surface area (TPSA) is 65.4 Å². The van der Waals surface area contributed by atoms with Gasteiger partial charge >= 0.3 is 0 Å². The second-order valence-electron chi connectivity index (χ2n) is 7.04. The van der Waals surface area contributed by atoms with Crippen molar-refractivity contribution < 1.29 is 14.3 Å². The molecule has 0 fully saturated rings. The molecule has 0 unspecified atom stereocenters. The van der Waals surface area contributed by atoms with Gasteiger partial charge in [-0.2, -0.15) is 5.10 Å². The maximum Gasteiger partial charge on any atom is 0.235 e. The zero-order valence-corrected chi connectivity index (χ0v) is 17.4. The average molecular weight is 428 g/mol. The molecule has 0 aliphatic carbocycles. The van der Waals surface area contributed by atoms with Gasteiger partial charge in [0.2, 0.25) is 12.7 Å². The predicted molar refractivity (Wildman–Crippen MR) is 114 cm³/mol. The Labute approximate surface area is 177 Å². The van der Waals surface area contributed by atoms with E-state index in [1.807, 2.05) is 50.2 Å². The maximum atomic E-state index is 12.5. The minimum absolute atomic E-state index is 0.0566. The smallest absolute Gasteiger partial charge is 0.235 e. The summed E-state index contributed by atoms with van der Waals surface area (Å²) in [7, 11) is 0. The highest BCUT2D eigenvalue weighted by atomic mass is 35.5. The summed E-state index contributed by atoms with van der Waals surface area (Å²) in [6, 6.07) is 11.7. The highest BCUT2D eigenvalue weighted by Gasteiger charge is 2.31. The lowest BCUT2D eigenvalue weighted by atomic mass is 10.0. The monoisotopic (exact) mass is 427 g/mol. The summed E-state index contributed by atoms with van der Waals surface area (Å²) in [6.07, 6.45) is 0. The van der Waals surface area contributed by atoms with Crippen LogP contribution in [0.1, 0.15) is 27.6 Å². The van der Waals surface area contributed by atoms with E-state index in [0.29, 0.717) is 16.6 Å². The highest BCUT2D eigenvalue weighted by molar-refractivity contribution is 8.00. The molecule has 0 spiro atoms. The van der Waals surface area contributed by atoms with E-state index in [4.69, 9.17) is 26.2 Å². The van der Waals surface area contributed by atoms with Crippen molar-refractivity contribution in [3.8, 4) is 17.2 Å². The lowest BCUT2D eigenvalue weighted by Gasteiger charge is -2.16. The fourth-order valence-electron chi connectivity index (χ4n) is 3.62. The van der Waals surface area contributed by atoms with Gasteiger partial charge in [-0.1, -0.05) is 23.7 Å². The van der Waals surface area contributed by atoms with Gasteiger partial charge < -0.3 is 14.8 Å². The zero-order valence-electron chi connectivity index (χ0n) is 15.9. The second kappa shape index (κ2) is 7.00. The number of benzene rings is 2. The molecule has 1 amide bonds. The van der Waals surface area contributed by atoms with E-state index in [2.05, 4.69) is 5.32 Å². The number of rotatable bonds is 2. The Hall–Kier alpha value is -2.64. The van der Waals surface area contributed by atoms with Gasteiger partial charge in [-0.3, -0.25) is 4.79 Å². The zero-order chi connectivity index (χ0) is 20.1. The molecule has 29 heavy (non-hydrogen) atoms. The van der Waals surface area contributed by atoms with Crippen molar-refractivity contribution in [2.75, 3.05) is 17.9 Å². The first-order valence-electron chi connectivity index (χ1n) is 9.18. The average Bonchev–Trinajstić information content (AvgIpc) is 3.24. The van der Waals surface area contributed by atoms with Crippen molar-refractivity contribution in [2.24, 2.45) is 0 Å². The minimum Gasteiger partial charge on any atom is -0.454 e. The van der Waals surface area contributed by atoms with Crippen LogP contribution in [0.2, 0.25) is 5.02 Å². The molecule has 0 saturated carbocycles. The first-order valence-corrected chi connectivity index (χ1v) is 10.6. The quantitative estimate of drug-likeness (QED) is 0.645. The molecule has 2 aliphatic heterocycles. The van der Waals surface area contributed by atoms with Crippen molar-refractivity contribution in [3.63, 3.8) is 0 Å². The fraction of sp³-hybridized carbons (Fsp3) is 0.238. The van der Waals surface area contributed by atoms with Crippen LogP contribution < -0.4 is 14.8 Å². The van der Waals surface area contributed by atoms with E-state index in [-0.39, 0.29) is 18.0 Å². The summed E-state index contributed by atoms with van der Waals surface area (Å²) >= 11 is 7.91. The van der Waals surface area contributed by atoms with E-state index in [9.17, 15) is 4.79 Å². The number of anilines is 1. The third-order valence-electron chi connectivity index (χ3n) is 5.11. The van der Waals surface area contributed by atoms with Crippen molar-refractivity contribution in [1.29, 1.82) is 0 Å². The summed E-state index contributed by atoms with van der Waals surface area (Å²) in [6.45, 7) is 4.14. The molecular formula is C21H18ClN3O3S. The molecule has 2 aliphatic rings. The number of hydrogen-bond donors (Lipinski definition) is 1. The van der Waals surface area contributed by atoms with Crippen LogP contribution in [-0.4, -0.2) is 28.2 Å². The molecule has 3 heterocycles. The van der Waals surface area contributed by atoms with Gasteiger partial charge in [-0.05, 0) is 49.2 Å². The number of carbonyl (C=O) groups is 1. The Kier molecular flexibility index (Phi) is 4.44. The number of thioether (sulfide) groups is 1. The van der Waals surface area contributed by atoms with Gasteiger partial charge in [-0.25, -0.2) is 4.68 Å². The van der Waals surface area contributed by atoms with Crippen LogP contribution in [0, 0.1) is 13.8 Å². The Morgan fingerprint density at radius 1 is 1.17 bits per heavy atom. The Morgan fingerprint density at radius 2 is 2.00 bits per heavy atom. The van der Waals surface area contributed by atoms with Gasteiger partial charge in [0, 0.05) is 10.6 Å². The SMILES string of the molecule is Cc1ccc(-n2nc(C)c3c2NC(=O)CS[C@@H]3c2ccc3c(c2)OCO3)cc1Cl. The van der Waals surface area contributed by atoms with Crippen LogP contribution in [0.5, 0.6) is 11.5 Å². The molecule has 2 aromatic carbocycles. The van der Waals surface area contributed by atoms with Crippen molar-refractivity contribution in [1.82, 2.24) is 9.78 Å². The molecule has 1 atom stereocenters. The molecule has 0 radical (unpaired) electrons. The van der Waals surface area contributed by atoms with Gasteiger partial charge in [0.25, 0.3) is 0 Å². The van der Waals surface area contributed by atoms with Crippen LogP contribution >= 0.6 is 23.4 Å². The molecule has 3 aromatic rings. The minimum atomic E-state index is -0.0619. The highest BCUT2D eigenvalue weighted by Crippen LogP contribution is 2.46. The van der Waals surface area contributed by atoms with E-state index < -0.39 is 0 Å². The number of aromatic nitrogens is 2. The molecule has 0 bridgehead atoms. The predicted octanol–water partition coefficient (Wildman–Crippen LogP) is 4.65. The first-order chi connectivity index (χ1) is 14.0. The second-order valence-corrected chi connectivity index (χ2v) is 8.55. The molecular weight excluding hydrogens is 410 g/mol. The summed E-state index contributed by atoms with van der Waals surface area (Å²) in [5.74, 6) is 2.44. The number of nitrogens with one attached hydrogen (secondary N) is 1. The number of aryl methyl sites for hydroxylation is 2. The van der Waals surface area contributed by atoms with Gasteiger partial charge in [0.15, 0.2) is 11.5 Å². The third-order valence-corrected chi connectivity index (χ3v) is 6.78. The molecule has 0 saturated heterocycles. The van der Waals surface area contributed by atoms with Crippen molar-refractivity contribution >= 4 is 35.1 Å². The van der Waals surface area contributed by atoms with E-state index in [0.717, 1.165) is 39.6 Å². The number of amides is 1. The van der Waals surface area contributed by atoms with Crippen LogP contribution in [0.3, 0.4) is 0 Å². The van der Waals surface area contributed by atoms with Crippen LogP contribution in [-0.2, 0) is 4.79 Å². The summed E-state index contributed by atoms with van der Waals surface area (Å²) in [5.41, 5.74) is 4.68. The fourth-order valence-corrected chi connectivity index (χ4v) is 4.98. The number of halogens is 1. The summed E-state index contributed by atoms with van der Waals surface area (Å²) in [4.78, 5) is 12.5. The Balaban J connectivity index is 1.66. The number of fused-ring (bicyclic) bond motifs is 2. The Morgan fingerprint density at radius 3 is 2.83 bits per heavy atom. The molecule has 1 aromatic heterocycles. The standard InChI is InChI=1S/C21H18ClN3O3S/c1-11-3-5-14(8-15(11)22)25-21-19(12(2)24-25)20(29-9-18(26)23-21)13-4-6-16-17(7-13)28-10-27-16/h3-8,20H,9-10H2,1-2H3,(H,23,26)/t20-/m1/s1. The number of carbonyl (C=O) groups excluding carboxylic acids is 1. The van der Waals surface area contributed by atoms with E-state index in [1.54, 1.807) is 16.4 Å². The van der Waals surface area contributed by atoms with Crippen LogP contribution in [0.25, 0.3) is 5.69 Å². The summed E-state index contributed by atoms with van der Waals surface area (Å²) < 4.78 is 12.7. The normalized spacial score (nSPS) is 17.6. The number of ether oxygens (including phenoxy) is 2. The van der Waals surface area contributed by atoms with Crippen LogP contribution in [0.4, 0.5) is 5.82 Å². The van der Waals surface area contributed by atoms with E-state index in [1.165, 1.54) is 0 Å². The molecule has 148 valence electrons. The lowest BCUT2D eigenvalue weighted by molar-refractivity contribution is -0.113.